The fraction of sp³-hybridized carbons (Fsp3) is 0.923. The van der Waals surface area contributed by atoms with E-state index in [1.807, 2.05) is 0 Å². The smallest absolute Gasteiger partial charge is 0.234 e. The molecule has 0 aromatic heterocycles. The molecule has 0 aliphatic carbocycles. The number of aliphatic hydroxyl groups excluding tert-OH is 1. The number of sulfone groups is 1. The summed E-state index contributed by atoms with van der Waals surface area (Å²) in [4.78, 5) is 14.3. The van der Waals surface area contributed by atoms with Crippen molar-refractivity contribution in [2.24, 2.45) is 0 Å². The Morgan fingerprint density at radius 3 is 2.40 bits per heavy atom. The first kappa shape index (κ1) is 14.3. The molecule has 3 fully saturated rings. The molecule has 0 saturated carbocycles. The van der Waals surface area contributed by atoms with E-state index in [0.29, 0.717) is 25.0 Å². The van der Waals surface area contributed by atoms with Crippen LogP contribution in [0.5, 0.6) is 0 Å². The van der Waals surface area contributed by atoms with Gasteiger partial charge in [-0.1, -0.05) is 0 Å². The van der Waals surface area contributed by atoms with Crippen LogP contribution < -0.4 is 5.32 Å². The van der Waals surface area contributed by atoms with Gasteiger partial charge in [0.15, 0.2) is 9.84 Å². The van der Waals surface area contributed by atoms with Crippen molar-refractivity contribution in [1.82, 2.24) is 10.2 Å². The van der Waals surface area contributed by atoms with Crippen LogP contribution in [0.3, 0.4) is 0 Å². The number of aliphatic hydroxyl groups is 1. The van der Waals surface area contributed by atoms with Gasteiger partial charge in [0.1, 0.15) is 0 Å². The molecule has 0 aromatic carbocycles. The number of hydrogen-bond acceptors (Lipinski definition) is 5. The fourth-order valence-electron chi connectivity index (χ4n) is 3.85. The molecule has 0 aromatic rings. The van der Waals surface area contributed by atoms with Crippen LogP contribution in [0.2, 0.25) is 0 Å². The number of fused-ring (bicyclic) bond motifs is 2. The molecule has 3 aliphatic rings. The number of nitrogens with one attached hydrogen (secondary N) is 1. The molecule has 114 valence electrons. The Morgan fingerprint density at radius 2 is 1.85 bits per heavy atom. The van der Waals surface area contributed by atoms with Crippen molar-refractivity contribution >= 4 is 15.7 Å². The average Bonchev–Trinajstić information content (AvgIpc) is 2.78. The van der Waals surface area contributed by atoms with E-state index >= 15 is 0 Å². The van der Waals surface area contributed by atoms with Crippen LogP contribution in [0.4, 0.5) is 0 Å². The molecule has 20 heavy (non-hydrogen) atoms. The van der Waals surface area contributed by atoms with E-state index in [-0.39, 0.29) is 29.6 Å². The van der Waals surface area contributed by atoms with Gasteiger partial charge in [0, 0.05) is 18.1 Å². The van der Waals surface area contributed by atoms with Crippen LogP contribution in [-0.4, -0.2) is 66.6 Å². The minimum atomic E-state index is -2.95. The Kier molecular flexibility index (Phi) is 3.77. The molecule has 2 bridgehead atoms. The third kappa shape index (κ3) is 2.99. The summed E-state index contributed by atoms with van der Waals surface area (Å²) in [6.45, 7) is 0.332. The number of carbonyl (C=O) groups is 1. The van der Waals surface area contributed by atoms with Crippen LogP contribution in [0.1, 0.15) is 32.1 Å². The van der Waals surface area contributed by atoms with Gasteiger partial charge in [-0.2, -0.15) is 0 Å². The van der Waals surface area contributed by atoms with E-state index in [9.17, 15) is 18.3 Å². The van der Waals surface area contributed by atoms with Crippen LogP contribution in [0.25, 0.3) is 0 Å². The number of nitrogens with zero attached hydrogens (tertiary/aromatic N) is 1. The summed E-state index contributed by atoms with van der Waals surface area (Å²) in [6.07, 6.45) is 3.90. The van der Waals surface area contributed by atoms with Gasteiger partial charge in [-0.3, -0.25) is 9.69 Å². The molecule has 7 heteroatoms. The van der Waals surface area contributed by atoms with Gasteiger partial charge in [-0.15, -0.1) is 0 Å². The Bertz CT molecular complexity index is 479. The van der Waals surface area contributed by atoms with Crippen molar-refractivity contribution in [1.29, 1.82) is 0 Å². The highest BCUT2D eigenvalue weighted by atomic mass is 32.2. The third-order valence-electron chi connectivity index (χ3n) is 4.78. The lowest BCUT2D eigenvalue weighted by Gasteiger charge is -2.36. The van der Waals surface area contributed by atoms with Crippen molar-refractivity contribution < 1.29 is 18.3 Å². The molecular formula is C13H22N2O4S. The van der Waals surface area contributed by atoms with Gasteiger partial charge >= 0.3 is 0 Å². The van der Waals surface area contributed by atoms with E-state index in [2.05, 4.69) is 10.2 Å². The second kappa shape index (κ2) is 5.27. The van der Waals surface area contributed by atoms with E-state index in [0.717, 1.165) is 25.7 Å². The summed E-state index contributed by atoms with van der Waals surface area (Å²) < 4.78 is 22.7. The van der Waals surface area contributed by atoms with Gasteiger partial charge in [0.25, 0.3) is 0 Å². The van der Waals surface area contributed by atoms with Gasteiger partial charge < -0.3 is 10.4 Å². The number of amides is 1. The Balaban J connectivity index is 1.53. The zero-order chi connectivity index (χ0) is 14.3. The Labute approximate surface area is 119 Å². The van der Waals surface area contributed by atoms with Gasteiger partial charge in [-0.25, -0.2) is 8.42 Å². The van der Waals surface area contributed by atoms with E-state index in [1.165, 1.54) is 0 Å². The second-order valence-corrected chi connectivity index (χ2v) is 8.58. The van der Waals surface area contributed by atoms with Gasteiger partial charge in [0.2, 0.25) is 5.91 Å². The zero-order valence-electron chi connectivity index (χ0n) is 11.5. The predicted molar refractivity (Wildman–Crippen MR) is 74.0 cm³/mol. The highest BCUT2D eigenvalue weighted by molar-refractivity contribution is 7.91. The van der Waals surface area contributed by atoms with Crippen molar-refractivity contribution in [3.05, 3.63) is 0 Å². The summed E-state index contributed by atoms with van der Waals surface area (Å²) in [6, 6.07) is 0.393. The zero-order valence-corrected chi connectivity index (χ0v) is 12.3. The van der Waals surface area contributed by atoms with Crippen molar-refractivity contribution in [2.75, 3.05) is 18.1 Å². The summed E-state index contributed by atoms with van der Waals surface area (Å²) >= 11 is 0. The number of carbonyl (C=O) groups excluding carboxylic acids is 1. The highest BCUT2D eigenvalue weighted by Crippen LogP contribution is 2.35. The lowest BCUT2D eigenvalue weighted by molar-refractivity contribution is -0.124. The molecule has 3 saturated heterocycles. The molecule has 3 atom stereocenters. The molecule has 1 amide bonds. The van der Waals surface area contributed by atoms with Crippen LogP contribution >= 0.6 is 0 Å². The monoisotopic (exact) mass is 302 g/mol. The first-order valence-corrected chi connectivity index (χ1v) is 9.19. The van der Waals surface area contributed by atoms with E-state index in [1.54, 1.807) is 0 Å². The maximum absolute atomic E-state index is 12.1. The molecule has 0 radical (unpaired) electrons. The Hall–Kier alpha value is -0.660. The summed E-state index contributed by atoms with van der Waals surface area (Å²) in [5.41, 5.74) is 0. The topological polar surface area (TPSA) is 86.7 Å². The molecule has 2 N–H and O–H groups in total. The van der Waals surface area contributed by atoms with Gasteiger partial charge in [-0.05, 0) is 32.1 Å². The van der Waals surface area contributed by atoms with E-state index in [4.69, 9.17) is 0 Å². The summed E-state index contributed by atoms with van der Waals surface area (Å²) in [7, 11) is -2.95. The number of piperidine rings is 1. The number of hydrogen-bond donors (Lipinski definition) is 2. The van der Waals surface area contributed by atoms with Crippen LogP contribution in [0.15, 0.2) is 0 Å². The van der Waals surface area contributed by atoms with Crippen LogP contribution in [-0.2, 0) is 14.6 Å². The lowest BCUT2D eigenvalue weighted by Crippen LogP contribution is -2.50. The van der Waals surface area contributed by atoms with Crippen LogP contribution in [0, 0.1) is 0 Å². The minimum Gasteiger partial charge on any atom is -0.393 e. The normalized spacial score (nSPS) is 39.9. The quantitative estimate of drug-likeness (QED) is 0.718. The standard InChI is InChI=1S/C13H22N2O4S/c16-12-5-10-1-2-11(6-12)15(10)7-13(17)14-9-3-4-20(18,19)8-9/h9-12,16H,1-8H2,(H,14,17). The minimum absolute atomic E-state index is 0.0737. The molecule has 0 spiro atoms. The fourth-order valence-corrected chi connectivity index (χ4v) is 5.52. The Morgan fingerprint density at radius 1 is 1.20 bits per heavy atom. The summed E-state index contributed by atoms with van der Waals surface area (Å²) in [5, 5.41) is 12.6. The van der Waals surface area contributed by atoms with Gasteiger partial charge in [0.05, 0.1) is 24.2 Å². The first-order chi connectivity index (χ1) is 9.43. The highest BCUT2D eigenvalue weighted by Gasteiger charge is 2.41. The molecule has 3 rings (SSSR count). The second-order valence-electron chi connectivity index (χ2n) is 6.35. The maximum atomic E-state index is 12.1. The average molecular weight is 302 g/mol. The maximum Gasteiger partial charge on any atom is 0.234 e. The molecule has 3 unspecified atom stereocenters. The molecule has 3 heterocycles. The van der Waals surface area contributed by atoms with E-state index < -0.39 is 9.84 Å². The van der Waals surface area contributed by atoms with Crippen molar-refractivity contribution in [2.45, 2.75) is 56.3 Å². The van der Waals surface area contributed by atoms with Crippen molar-refractivity contribution in [3.63, 3.8) is 0 Å². The van der Waals surface area contributed by atoms with Crippen molar-refractivity contribution in [3.8, 4) is 0 Å². The molecular weight excluding hydrogens is 280 g/mol. The lowest BCUT2D eigenvalue weighted by atomic mass is 10.00. The predicted octanol–water partition coefficient (Wildman–Crippen LogP) is -0.723. The molecule has 6 nitrogen and oxygen atoms in total. The SMILES string of the molecule is O=C(CN1C2CCC1CC(O)C2)NC1CCS(=O)(=O)C1. The summed E-state index contributed by atoms with van der Waals surface area (Å²) in [5.74, 6) is 0.170. The largest absolute Gasteiger partial charge is 0.393 e. The first-order valence-electron chi connectivity index (χ1n) is 7.36. The third-order valence-corrected chi connectivity index (χ3v) is 6.55. The molecule has 3 aliphatic heterocycles. The number of rotatable bonds is 3.